The van der Waals surface area contributed by atoms with Gasteiger partial charge in [0.25, 0.3) is 6.71 Å². The Hall–Kier alpha value is -13.4. The highest BCUT2D eigenvalue weighted by Gasteiger charge is 2.48. The van der Waals surface area contributed by atoms with Crippen LogP contribution in [0.4, 0.5) is 34.1 Å². The van der Waals surface area contributed by atoms with E-state index in [1.807, 2.05) is 66.7 Å². The molecule has 2 aliphatic rings. The van der Waals surface area contributed by atoms with Gasteiger partial charge in [0, 0.05) is 88.1 Å². The first-order valence-electron chi connectivity index (χ1n) is 41.6. The molecule has 22 rings (SSSR count). The molecule has 0 radical (unpaired) electrons. The molecule has 6 heteroatoms. The van der Waals surface area contributed by atoms with Gasteiger partial charge in [-0.05, 0) is 116 Å². The van der Waals surface area contributed by atoms with Crippen LogP contribution < -0.4 is 26.2 Å². The minimum Gasteiger partial charge on any atom is -0.309 e. The van der Waals surface area contributed by atoms with Crippen LogP contribution in [0.5, 0.6) is 0 Å². The Bertz CT molecular complexity index is 7580. The summed E-state index contributed by atoms with van der Waals surface area (Å²) in [5.41, 5.74) is 19.0. The van der Waals surface area contributed by atoms with Crippen LogP contribution >= 0.6 is 0 Å². The number of fused-ring (bicyclic) bond motifs is 18. The second kappa shape index (κ2) is 22.0. The molecule has 20 aromatic rings. The summed E-state index contributed by atoms with van der Waals surface area (Å²) < 4.78 is 150. The Balaban J connectivity index is 0.950. The third-order valence-electron chi connectivity index (χ3n) is 21.0. The van der Waals surface area contributed by atoms with Crippen LogP contribution in [0.15, 0.2) is 364 Å². The smallest absolute Gasteiger partial charge is 0.252 e. The monoisotopic (exact) mass is 1310 g/mol. The van der Waals surface area contributed by atoms with Crippen molar-refractivity contribution in [1.82, 2.24) is 13.5 Å². The quantitative estimate of drug-likeness (QED) is 0.134. The first kappa shape index (κ1) is 43.8. The van der Waals surface area contributed by atoms with Crippen LogP contribution in [-0.4, -0.2) is 20.2 Å². The summed E-state index contributed by atoms with van der Waals surface area (Å²) in [5.74, 6) is 0. The van der Waals surface area contributed by atoms with E-state index in [9.17, 15) is 15.1 Å². The van der Waals surface area contributed by atoms with Gasteiger partial charge in [0.2, 0.25) is 0 Å². The lowest BCUT2D eigenvalue weighted by atomic mass is 9.33. The highest BCUT2D eigenvalue weighted by atomic mass is 15.2. The first-order valence-corrected chi connectivity index (χ1v) is 34.1. The highest BCUT2D eigenvalue weighted by Crippen LogP contribution is 2.59. The lowest BCUT2D eigenvalue weighted by Gasteiger charge is -2.46. The summed E-state index contributed by atoms with van der Waals surface area (Å²) in [5, 5.41) is 2.94. The van der Waals surface area contributed by atoms with Crippen molar-refractivity contribution in [1.29, 1.82) is 0 Å². The van der Waals surface area contributed by atoms with Crippen molar-refractivity contribution in [3.05, 3.63) is 364 Å². The molecule has 5 nitrogen and oxygen atoms in total. The van der Waals surface area contributed by atoms with E-state index in [1.165, 1.54) is 0 Å². The van der Waals surface area contributed by atoms with Crippen LogP contribution in [0, 0.1) is 0 Å². The predicted octanol–water partition coefficient (Wildman–Crippen LogP) is 23.4. The topological polar surface area (TPSA) is 20.8 Å². The summed E-state index contributed by atoms with van der Waals surface area (Å²) in [6.45, 7) is -0.646. The summed E-state index contributed by atoms with van der Waals surface area (Å²) >= 11 is 0. The summed E-state index contributed by atoms with van der Waals surface area (Å²) in [4.78, 5) is 4.97. The van der Waals surface area contributed by atoms with Crippen LogP contribution in [0.1, 0.15) is 20.6 Å². The van der Waals surface area contributed by atoms with Gasteiger partial charge in [-0.25, -0.2) is 0 Å². The number of rotatable bonds is 9. The fourth-order valence-corrected chi connectivity index (χ4v) is 16.9. The molecule has 0 spiro atoms. The Labute approximate surface area is 610 Å². The maximum atomic E-state index is 10.7. The van der Waals surface area contributed by atoms with Crippen molar-refractivity contribution in [3.8, 4) is 67.0 Å². The van der Waals surface area contributed by atoms with Gasteiger partial charge in [-0.3, -0.25) is 0 Å². The number of hydrogen-bond donors (Lipinski definition) is 0. The Morgan fingerprint density at radius 1 is 0.265 bits per heavy atom. The van der Waals surface area contributed by atoms with Gasteiger partial charge in [0.15, 0.2) is 0 Å². The molecule has 0 saturated heterocycles. The Morgan fingerprint density at radius 2 is 0.686 bits per heavy atom. The molecule has 0 unspecified atom stereocenters. The van der Waals surface area contributed by atoms with Crippen LogP contribution in [0.25, 0.3) is 149 Å². The van der Waals surface area contributed by atoms with E-state index in [0.717, 1.165) is 143 Å². The standard InChI is InChI=1S/C96H60BN5/c1-6-28-61(29-7-1)66-52-56-87-80(58-66)97-79-55-53-68(99-83-49-23-18-40-75(83)78-59-67(54-57-86(78)99)98-81-47-21-16-38-73(81)74-39-17-22-48-82(74)98)60-88(79)102(93-71(64-34-12-4-13-35-64)45-27-46-72(93)65-36-14-5-15-37-65)96-90-77-42-20-25-51-85(77)100-84-50-24-19-41-76(84)89(94(90)100)95(91(96)97)101(87)92-69(62-30-8-2-9-31-62)43-26-44-70(92)63-32-10-3-11-33-63/h1-60H/i16D,17D,18D,21D,22D,23D,38D,39D,40D,47D,48D,49D,54D,57D,59D. The maximum absolute atomic E-state index is 10.7. The third-order valence-corrected chi connectivity index (χ3v) is 21.0. The molecule has 102 heavy (non-hydrogen) atoms. The van der Waals surface area contributed by atoms with Gasteiger partial charge < -0.3 is 23.3 Å². The molecule has 0 saturated carbocycles. The van der Waals surface area contributed by atoms with Crippen molar-refractivity contribution < 1.29 is 20.6 Å². The SMILES string of the molecule is [2H]c1c([2H])c([2H])c2c(c1[2H])c1c([2H])c(-n3c4c([2H])c([2H])c([2H])c([2H])c4c4c([2H])c([2H])c([2H])c([2H])c43)c([2H])c([2H])c1n2-c1ccc2c(c1)N(c1c(-c3ccccc3)cccc1-c1ccccc1)c1c3c(c4c5ccccc5n5c6ccccc6c1c45)N(c1c(-c4ccccc4)cccc1-c1ccccc1)c1ccc(-c4ccccc4)cc1B23. The molecular formula is C96H60BN5. The molecule has 0 N–H and O–H groups in total. The minimum atomic E-state index is -0.730. The van der Waals surface area contributed by atoms with E-state index < -0.39 is 103 Å². The molecule has 16 aromatic carbocycles. The normalized spacial score (nSPS) is 14.7. The highest BCUT2D eigenvalue weighted by molar-refractivity contribution is 7.01. The second-order valence-corrected chi connectivity index (χ2v) is 26.2. The van der Waals surface area contributed by atoms with Gasteiger partial charge in [-0.15, -0.1) is 0 Å². The molecule has 6 heterocycles. The molecular weight excluding hydrogens is 1230 g/mol. The minimum absolute atomic E-state index is 0.142. The molecule has 2 aliphatic heterocycles. The third kappa shape index (κ3) is 8.06. The number of hydrogen-bond acceptors (Lipinski definition) is 2. The summed E-state index contributed by atoms with van der Waals surface area (Å²) in [7, 11) is 0. The van der Waals surface area contributed by atoms with Crippen LogP contribution in [0.2, 0.25) is 0 Å². The van der Waals surface area contributed by atoms with E-state index in [2.05, 4.69) is 220 Å². The molecule has 0 amide bonds. The van der Waals surface area contributed by atoms with E-state index in [0.29, 0.717) is 5.69 Å². The van der Waals surface area contributed by atoms with Crippen molar-refractivity contribution in [2.75, 3.05) is 9.80 Å². The number of nitrogens with zero attached hydrogens (tertiary/aromatic N) is 5. The molecule has 4 aromatic heterocycles. The van der Waals surface area contributed by atoms with E-state index in [4.69, 9.17) is 5.48 Å². The zero-order chi connectivity index (χ0) is 79.7. The fraction of sp³-hybridized carbons (Fsp3) is 0. The van der Waals surface area contributed by atoms with Gasteiger partial charge in [-0.2, -0.15) is 0 Å². The van der Waals surface area contributed by atoms with Crippen LogP contribution in [0.3, 0.4) is 0 Å². The van der Waals surface area contributed by atoms with Gasteiger partial charge >= 0.3 is 0 Å². The van der Waals surface area contributed by atoms with Crippen molar-refractivity contribution in [3.63, 3.8) is 0 Å². The van der Waals surface area contributed by atoms with E-state index in [-0.39, 0.29) is 49.3 Å². The van der Waals surface area contributed by atoms with Crippen LogP contribution in [-0.2, 0) is 0 Å². The maximum Gasteiger partial charge on any atom is 0.252 e. The predicted molar refractivity (Wildman–Crippen MR) is 431 cm³/mol. The number of para-hydroxylation sites is 7. The van der Waals surface area contributed by atoms with E-state index in [1.54, 1.807) is 4.57 Å². The van der Waals surface area contributed by atoms with Crippen molar-refractivity contribution in [2.45, 2.75) is 0 Å². The lowest BCUT2D eigenvalue weighted by Crippen LogP contribution is -2.61. The Kier molecular flexibility index (Phi) is 9.46. The molecule has 0 fully saturated rings. The van der Waals surface area contributed by atoms with Crippen molar-refractivity contribution in [2.24, 2.45) is 0 Å². The second-order valence-electron chi connectivity index (χ2n) is 26.2. The summed E-state index contributed by atoms with van der Waals surface area (Å²) in [6.07, 6.45) is 0. The molecule has 0 aliphatic carbocycles. The van der Waals surface area contributed by atoms with Gasteiger partial charge in [0.1, 0.15) is 0 Å². The average Bonchev–Trinajstić information content (AvgIpc) is 1.47. The average molecular weight is 1310 g/mol. The van der Waals surface area contributed by atoms with Crippen molar-refractivity contribution >= 4 is 139 Å². The summed E-state index contributed by atoms with van der Waals surface area (Å²) in [6, 6.07) is 85.5. The number of aromatic nitrogens is 3. The van der Waals surface area contributed by atoms with Gasteiger partial charge in [-0.1, -0.05) is 297 Å². The molecule has 472 valence electrons. The zero-order valence-electron chi connectivity index (χ0n) is 69.3. The fourth-order valence-electron chi connectivity index (χ4n) is 16.9. The lowest BCUT2D eigenvalue weighted by molar-refractivity contribution is 1.16. The molecule has 0 atom stereocenters. The number of benzene rings is 16. The number of anilines is 6. The van der Waals surface area contributed by atoms with E-state index >= 15 is 0 Å². The first-order chi connectivity index (χ1) is 56.9. The molecule has 0 bridgehead atoms. The largest absolute Gasteiger partial charge is 0.309 e. The Morgan fingerprint density at radius 3 is 1.19 bits per heavy atom. The zero-order valence-corrected chi connectivity index (χ0v) is 54.3. The van der Waals surface area contributed by atoms with Gasteiger partial charge in [0.05, 0.1) is 81.9 Å².